The third kappa shape index (κ3) is 3.73. The number of rotatable bonds is 4. The maximum absolute atomic E-state index is 12.1. The molecule has 6 nitrogen and oxygen atoms in total. The molecule has 0 saturated heterocycles. The molecule has 7 heteroatoms. The number of methoxy groups -OCH3 is 1. The zero-order valence-electron chi connectivity index (χ0n) is 14.8. The number of nitrogens with one attached hydrogen (secondary N) is 1. The van der Waals surface area contributed by atoms with Gasteiger partial charge in [-0.15, -0.1) is 11.3 Å². The summed E-state index contributed by atoms with van der Waals surface area (Å²) < 4.78 is 11.1. The second-order valence-electron chi connectivity index (χ2n) is 6.25. The van der Waals surface area contributed by atoms with Crippen molar-refractivity contribution in [2.75, 3.05) is 12.8 Å². The number of anilines is 1. The minimum absolute atomic E-state index is 0.00486. The molecule has 0 fully saturated rings. The molecular formula is C20H19N3O3S. The highest BCUT2D eigenvalue weighted by molar-refractivity contribution is 7.15. The zero-order chi connectivity index (χ0) is 18.8. The Labute approximate surface area is 161 Å². The van der Waals surface area contributed by atoms with Gasteiger partial charge in [0.05, 0.1) is 19.3 Å². The molecule has 1 aliphatic rings. The second-order valence-corrected chi connectivity index (χ2v) is 7.31. The van der Waals surface area contributed by atoms with Crippen LogP contribution < -0.4 is 20.5 Å². The van der Waals surface area contributed by atoms with Crippen molar-refractivity contribution < 1.29 is 14.3 Å². The van der Waals surface area contributed by atoms with Crippen molar-refractivity contribution in [1.82, 2.24) is 10.3 Å². The molecule has 138 valence electrons. The number of nitrogen functional groups attached to an aromatic ring is 1. The minimum Gasteiger partial charge on any atom is -0.497 e. The monoisotopic (exact) mass is 381 g/mol. The number of nitrogens with two attached hydrogens (primary N) is 1. The summed E-state index contributed by atoms with van der Waals surface area (Å²) in [6, 6.07) is 15.2. The Kier molecular flexibility index (Phi) is 4.68. The van der Waals surface area contributed by atoms with Crippen LogP contribution in [0, 0.1) is 0 Å². The van der Waals surface area contributed by atoms with Gasteiger partial charge in [0.15, 0.2) is 5.13 Å². The topological polar surface area (TPSA) is 86.5 Å². The molecular weight excluding hydrogens is 362 g/mol. The van der Waals surface area contributed by atoms with Gasteiger partial charge in [-0.05, 0) is 42.0 Å². The van der Waals surface area contributed by atoms with Crippen molar-refractivity contribution >= 4 is 22.4 Å². The summed E-state index contributed by atoms with van der Waals surface area (Å²) in [5.41, 5.74) is 7.74. The van der Waals surface area contributed by atoms with Crippen LogP contribution in [-0.2, 0) is 11.3 Å². The Hall–Kier alpha value is -3.06. The number of benzene rings is 2. The molecule has 4 rings (SSSR count). The van der Waals surface area contributed by atoms with Crippen LogP contribution in [-0.4, -0.2) is 18.0 Å². The predicted octanol–water partition coefficient (Wildman–Crippen LogP) is 3.68. The highest BCUT2D eigenvalue weighted by Crippen LogP contribution is 2.38. The predicted molar refractivity (Wildman–Crippen MR) is 104 cm³/mol. The first-order chi connectivity index (χ1) is 13.1. The number of hydrogen-bond donors (Lipinski definition) is 2. The lowest BCUT2D eigenvalue weighted by Crippen LogP contribution is -2.21. The zero-order valence-corrected chi connectivity index (χ0v) is 15.6. The Morgan fingerprint density at radius 3 is 2.70 bits per heavy atom. The Morgan fingerprint density at radius 2 is 1.93 bits per heavy atom. The van der Waals surface area contributed by atoms with E-state index in [0.29, 0.717) is 29.6 Å². The molecule has 3 aromatic rings. The van der Waals surface area contributed by atoms with E-state index in [2.05, 4.69) is 10.3 Å². The maximum Gasteiger partial charge on any atom is 0.221 e. The van der Waals surface area contributed by atoms with Crippen LogP contribution in [0.4, 0.5) is 5.13 Å². The van der Waals surface area contributed by atoms with Crippen molar-refractivity contribution in [2.24, 2.45) is 0 Å². The molecule has 0 bridgehead atoms. The van der Waals surface area contributed by atoms with E-state index in [4.69, 9.17) is 15.2 Å². The van der Waals surface area contributed by atoms with E-state index in [-0.39, 0.29) is 11.8 Å². The Bertz CT molecular complexity index is 969. The van der Waals surface area contributed by atoms with E-state index in [1.54, 1.807) is 7.11 Å². The summed E-state index contributed by atoms with van der Waals surface area (Å²) in [6.45, 7) is 0.417. The molecule has 0 radical (unpaired) electrons. The summed E-state index contributed by atoms with van der Waals surface area (Å²) >= 11 is 1.44. The lowest BCUT2D eigenvalue weighted by molar-refractivity contribution is -0.121. The summed E-state index contributed by atoms with van der Waals surface area (Å²) in [4.78, 5) is 17.5. The number of nitrogens with zero attached hydrogens (tertiary/aromatic N) is 1. The van der Waals surface area contributed by atoms with E-state index in [1.807, 2.05) is 48.5 Å². The van der Waals surface area contributed by atoms with Gasteiger partial charge in [-0.1, -0.05) is 12.1 Å². The molecule has 1 amide bonds. The normalized spacial score (nSPS) is 16.2. The average Bonchev–Trinajstić information content (AvgIpc) is 2.98. The third-order valence-electron chi connectivity index (χ3n) is 4.46. The fourth-order valence-corrected chi connectivity index (χ4v) is 4.14. The first-order valence-corrected chi connectivity index (χ1v) is 9.37. The molecule has 2 heterocycles. The van der Waals surface area contributed by atoms with E-state index >= 15 is 0 Å². The highest BCUT2D eigenvalue weighted by atomic mass is 32.1. The molecule has 0 spiro atoms. The van der Waals surface area contributed by atoms with E-state index in [1.165, 1.54) is 11.3 Å². The van der Waals surface area contributed by atoms with Gasteiger partial charge in [-0.3, -0.25) is 4.79 Å². The molecule has 3 N–H and O–H groups in total. The van der Waals surface area contributed by atoms with E-state index in [9.17, 15) is 4.79 Å². The molecule has 1 atom stereocenters. The third-order valence-corrected chi connectivity index (χ3v) is 5.50. The van der Waals surface area contributed by atoms with Crippen LogP contribution in [0.25, 0.3) is 0 Å². The van der Waals surface area contributed by atoms with Gasteiger partial charge in [0.2, 0.25) is 5.91 Å². The number of carbonyl (C=O) groups excluding carboxylic acids is 1. The van der Waals surface area contributed by atoms with Crippen molar-refractivity contribution in [3.8, 4) is 17.2 Å². The number of carbonyl (C=O) groups is 1. The first kappa shape index (κ1) is 17.4. The molecule has 0 aliphatic carbocycles. The van der Waals surface area contributed by atoms with Crippen LogP contribution in [0.2, 0.25) is 0 Å². The Morgan fingerprint density at radius 1 is 1.15 bits per heavy atom. The number of hydrogen-bond acceptors (Lipinski definition) is 6. The number of aromatic nitrogens is 1. The fourth-order valence-electron chi connectivity index (χ4n) is 3.16. The van der Waals surface area contributed by atoms with Crippen LogP contribution >= 0.6 is 11.3 Å². The molecule has 0 saturated carbocycles. The van der Waals surface area contributed by atoms with E-state index < -0.39 is 0 Å². The van der Waals surface area contributed by atoms with Crippen LogP contribution in [0.5, 0.6) is 17.2 Å². The van der Waals surface area contributed by atoms with Crippen LogP contribution in [0.1, 0.15) is 28.5 Å². The summed E-state index contributed by atoms with van der Waals surface area (Å²) in [7, 11) is 1.63. The van der Waals surface area contributed by atoms with Crippen molar-refractivity contribution in [2.45, 2.75) is 18.9 Å². The second kappa shape index (κ2) is 7.28. The summed E-state index contributed by atoms with van der Waals surface area (Å²) in [5, 5.41) is 3.41. The van der Waals surface area contributed by atoms with Gasteiger partial charge in [0, 0.05) is 17.2 Å². The number of ether oxygens (including phenoxy) is 2. The standard InChI is InChI=1S/C20H19N3O3S/c1-25-13-5-7-14(8-6-13)26-15-4-2-3-12(9-15)16-10-18(24)22-11-17-19(16)27-20(21)23-17/h2-9,16H,10-11H2,1H3,(H2,21,23)(H,22,24)/t16-/m1/s1. The van der Waals surface area contributed by atoms with Gasteiger partial charge in [0.1, 0.15) is 17.2 Å². The van der Waals surface area contributed by atoms with Crippen molar-refractivity contribution in [1.29, 1.82) is 0 Å². The first-order valence-electron chi connectivity index (χ1n) is 8.56. The van der Waals surface area contributed by atoms with Crippen molar-refractivity contribution in [3.05, 3.63) is 64.7 Å². The largest absolute Gasteiger partial charge is 0.497 e. The van der Waals surface area contributed by atoms with Crippen LogP contribution in [0.3, 0.4) is 0 Å². The van der Waals surface area contributed by atoms with Gasteiger partial charge in [-0.2, -0.15) is 0 Å². The number of fused-ring (bicyclic) bond motifs is 1. The number of thiazole rings is 1. The molecule has 2 aromatic carbocycles. The van der Waals surface area contributed by atoms with Gasteiger partial charge >= 0.3 is 0 Å². The van der Waals surface area contributed by atoms with Gasteiger partial charge < -0.3 is 20.5 Å². The molecule has 0 unspecified atom stereocenters. The Balaban J connectivity index is 1.63. The minimum atomic E-state index is -0.0864. The lowest BCUT2D eigenvalue weighted by Gasteiger charge is -2.15. The van der Waals surface area contributed by atoms with Gasteiger partial charge in [0.25, 0.3) is 0 Å². The average molecular weight is 381 g/mol. The molecule has 1 aliphatic heterocycles. The van der Waals surface area contributed by atoms with E-state index in [0.717, 1.165) is 21.9 Å². The summed E-state index contributed by atoms with van der Waals surface area (Å²) in [5.74, 6) is 2.12. The smallest absolute Gasteiger partial charge is 0.221 e. The lowest BCUT2D eigenvalue weighted by atomic mass is 9.93. The highest BCUT2D eigenvalue weighted by Gasteiger charge is 2.27. The maximum atomic E-state index is 12.1. The van der Waals surface area contributed by atoms with Crippen LogP contribution in [0.15, 0.2) is 48.5 Å². The molecule has 1 aromatic heterocycles. The van der Waals surface area contributed by atoms with Gasteiger partial charge in [-0.25, -0.2) is 4.98 Å². The summed E-state index contributed by atoms with van der Waals surface area (Å²) in [6.07, 6.45) is 0.362. The fraction of sp³-hybridized carbons (Fsp3) is 0.200. The quantitative estimate of drug-likeness (QED) is 0.720. The molecule has 27 heavy (non-hydrogen) atoms. The SMILES string of the molecule is COc1ccc(Oc2cccc([C@H]3CC(=O)NCc4nc(N)sc43)c2)cc1. The van der Waals surface area contributed by atoms with Crippen molar-refractivity contribution in [3.63, 3.8) is 0 Å². The number of amides is 1.